The lowest BCUT2D eigenvalue weighted by Crippen LogP contribution is -2.12. The minimum atomic E-state index is 0.701. The molecule has 0 bridgehead atoms. The van der Waals surface area contributed by atoms with E-state index in [1.165, 1.54) is 12.8 Å². The molecule has 0 unspecified atom stereocenters. The lowest BCUT2D eigenvalue weighted by molar-refractivity contribution is 0.134. The lowest BCUT2D eigenvalue weighted by Gasteiger charge is -2.11. The third kappa shape index (κ3) is 3.47. The van der Waals surface area contributed by atoms with Gasteiger partial charge < -0.3 is 10.1 Å². The van der Waals surface area contributed by atoms with E-state index in [2.05, 4.69) is 11.4 Å². The highest BCUT2D eigenvalue weighted by atomic mass is 16.5. The number of hydrogen-bond donors (Lipinski definition) is 1. The monoisotopic (exact) mass is 230 g/mol. The molecule has 0 aliphatic heterocycles. The van der Waals surface area contributed by atoms with Crippen molar-refractivity contribution >= 4 is 5.69 Å². The van der Waals surface area contributed by atoms with Gasteiger partial charge in [0.15, 0.2) is 0 Å². The summed E-state index contributed by atoms with van der Waals surface area (Å²) in [7, 11) is 0. The van der Waals surface area contributed by atoms with Gasteiger partial charge >= 0.3 is 0 Å². The summed E-state index contributed by atoms with van der Waals surface area (Å²) in [4.78, 5) is 0. The Morgan fingerprint density at radius 1 is 1.47 bits per heavy atom. The van der Waals surface area contributed by atoms with Crippen LogP contribution in [-0.2, 0) is 4.74 Å². The van der Waals surface area contributed by atoms with Crippen LogP contribution in [-0.4, -0.2) is 19.8 Å². The standard InChI is InChI=1S/C14H18N2O/c1-11-3-2-4-13(9-15)14(11)16-7-8-17-10-12-5-6-12/h2-4,12,16H,5-8,10H2,1H3. The van der Waals surface area contributed by atoms with Gasteiger partial charge in [0.1, 0.15) is 6.07 Å². The van der Waals surface area contributed by atoms with Gasteiger partial charge in [-0.15, -0.1) is 0 Å². The van der Waals surface area contributed by atoms with Crippen LogP contribution >= 0.6 is 0 Å². The van der Waals surface area contributed by atoms with E-state index in [0.717, 1.165) is 30.3 Å². The van der Waals surface area contributed by atoms with Crippen molar-refractivity contribution in [3.8, 4) is 6.07 Å². The molecule has 0 saturated heterocycles. The van der Waals surface area contributed by atoms with Crippen LogP contribution in [0.1, 0.15) is 24.0 Å². The summed E-state index contributed by atoms with van der Waals surface area (Å²) in [5.41, 5.74) is 2.74. The first-order chi connectivity index (χ1) is 8.31. The fourth-order valence-corrected chi connectivity index (χ4v) is 1.78. The highest BCUT2D eigenvalue weighted by Crippen LogP contribution is 2.28. The third-order valence-corrected chi connectivity index (χ3v) is 2.99. The first-order valence-corrected chi connectivity index (χ1v) is 6.12. The molecule has 0 aromatic heterocycles. The molecule has 0 amide bonds. The molecule has 3 heteroatoms. The van der Waals surface area contributed by atoms with E-state index < -0.39 is 0 Å². The maximum Gasteiger partial charge on any atom is 0.101 e. The number of aryl methyl sites for hydroxylation is 1. The Morgan fingerprint density at radius 3 is 3.00 bits per heavy atom. The van der Waals surface area contributed by atoms with Crippen LogP contribution in [0.15, 0.2) is 18.2 Å². The molecule has 17 heavy (non-hydrogen) atoms. The smallest absolute Gasteiger partial charge is 0.101 e. The zero-order valence-corrected chi connectivity index (χ0v) is 10.2. The number of nitrogens with one attached hydrogen (secondary N) is 1. The summed E-state index contributed by atoms with van der Waals surface area (Å²) in [6.07, 6.45) is 2.65. The molecule has 0 heterocycles. The van der Waals surface area contributed by atoms with Crippen LogP contribution in [0.3, 0.4) is 0 Å². The second kappa shape index (κ2) is 5.70. The molecule has 1 aliphatic rings. The van der Waals surface area contributed by atoms with Gasteiger partial charge in [0.2, 0.25) is 0 Å². The molecule has 1 aromatic rings. The molecule has 1 aromatic carbocycles. The first kappa shape index (κ1) is 11.9. The predicted octanol–water partition coefficient (Wildman–Crippen LogP) is 2.71. The van der Waals surface area contributed by atoms with Crippen molar-refractivity contribution in [3.05, 3.63) is 29.3 Å². The molecule has 90 valence electrons. The Morgan fingerprint density at radius 2 is 2.29 bits per heavy atom. The number of nitriles is 1. The molecule has 0 spiro atoms. The van der Waals surface area contributed by atoms with Gasteiger partial charge in [-0.3, -0.25) is 0 Å². The largest absolute Gasteiger partial charge is 0.381 e. The lowest BCUT2D eigenvalue weighted by atomic mass is 10.1. The van der Waals surface area contributed by atoms with Gasteiger partial charge in [0.25, 0.3) is 0 Å². The molecule has 2 rings (SSSR count). The van der Waals surface area contributed by atoms with E-state index in [1.54, 1.807) is 0 Å². The fourth-order valence-electron chi connectivity index (χ4n) is 1.78. The third-order valence-electron chi connectivity index (χ3n) is 2.99. The van der Waals surface area contributed by atoms with Crippen molar-refractivity contribution in [1.29, 1.82) is 5.26 Å². The van der Waals surface area contributed by atoms with Crippen molar-refractivity contribution in [2.45, 2.75) is 19.8 Å². The van der Waals surface area contributed by atoms with Crippen molar-refractivity contribution in [2.75, 3.05) is 25.1 Å². The van der Waals surface area contributed by atoms with Crippen molar-refractivity contribution in [2.24, 2.45) is 5.92 Å². The maximum absolute atomic E-state index is 9.01. The number of nitrogens with zero attached hydrogens (tertiary/aromatic N) is 1. The minimum absolute atomic E-state index is 0.701. The fraction of sp³-hybridized carbons (Fsp3) is 0.500. The van der Waals surface area contributed by atoms with Crippen LogP contribution in [0.4, 0.5) is 5.69 Å². The molecule has 1 fully saturated rings. The topological polar surface area (TPSA) is 45.0 Å². The first-order valence-electron chi connectivity index (χ1n) is 6.12. The van der Waals surface area contributed by atoms with Gasteiger partial charge in [-0.05, 0) is 37.3 Å². The Balaban J connectivity index is 1.79. The van der Waals surface area contributed by atoms with Crippen molar-refractivity contribution < 1.29 is 4.74 Å². The predicted molar refractivity (Wildman–Crippen MR) is 67.9 cm³/mol. The van der Waals surface area contributed by atoms with Gasteiger partial charge in [0, 0.05) is 13.2 Å². The average Bonchev–Trinajstić information content (AvgIpc) is 3.14. The summed E-state index contributed by atoms with van der Waals surface area (Å²) < 4.78 is 5.55. The average molecular weight is 230 g/mol. The second-order valence-corrected chi connectivity index (χ2v) is 4.55. The molecule has 1 N–H and O–H groups in total. The number of anilines is 1. The molecule has 0 atom stereocenters. The van der Waals surface area contributed by atoms with E-state index in [9.17, 15) is 0 Å². The van der Waals surface area contributed by atoms with E-state index >= 15 is 0 Å². The van der Waals surface area contributed by atoms with Gasteiger partial charge in [-0.1, -0.05) is 12.1 Å². The highest BCUT2D eigenvalue weighted by Gasteiger charge is 2.20. The molecule has 1 saturated carbocycles. The maximum atomic E-state index is 9.01. The summed E-state index contributed by atoms with van der Waals surface area (Å²) in [6.45, 7) is 4.36. The minimum Gasteiger partial charge on any atom is -0.381 e. The van der Waals surface area contributed by atoms with E-state index in [1.807, 2.05) is 25.1 Å². The zero-order valence-electron chi connectivity index (χ0n) is 10.2. The molecular weight excluding hydrogens is 212 g/mol. The van der Waals surface area contributed by atoms with Crippen LogP contribution < -0.4 is 5.32 Å². The number of rotatable bonds is 6. The summed E-state index contributed by atoms with van der Waals surface area (Å²) in [5.74, 6) is 0.808. The molecular formula is C14H18N2O. The normalized spacial score (nSPS) is 14.4. The van der Waals surface area contributed by atoms with E-state index in [4.69, 9.17) is 10.00 Å². The number of ether oxygens (including phenoxy) is 1. The Labute approximate surface area is 102 Å². The molecule has 0 radical (unpaired) electrons. The summed E-state index contributed by atoms with van der Waals surface area (Å²) in [6, 6.07) is 7.95. The quantitative estimate of drug-likeness (QED) is 0.764. The van der Waals surface area contributed by atoms with E-state index in [-0.39, 0.29) is 0 Å². The van der Waals surface area contributed by atoms with Crippen LogP contribution in [0, 0.1) is 24.2 Å². The number of benzene rings is 1. The molecule has 3 nitrogen and oxygen atoms in total. The Bertz CT molecular complexity index is 419. The van der Waals surface area contributed by atoms with E-state index in [0.29, 0.717) is 12.2 Å². The van der Waals surface area contributed by atoms with Crippen molar-refractivity contribution in [3.63, 3.8) is 0 Å². The summed E-state index contributed by atoms with van der Waals surface area (Å²) in [5, 5.41) is 12.3. The Hall–Kier alpha value is -1.53. The van der Waals surface area contributed by atoms with Gasteiger partial charge in [0.05, 0.1) is 17.9 Å². The SMILES string of the molecule is Cc1cccc(C#N)c1NCCOCC1CC1. The molecule has 1 aliphatic carbocycles. The highest BCUT2D eigenvalue weighted by molar-refractivity contribution is 5.62. The van der Waals surface area contributed by atoms with Gasteiger partial charge in [-0.25, -0.2) is 0 Å². The number of para-hydroxylation sites is 1. The van der Waals surface area contributed by atoms with Crippen LogP contribution in [0.2, 0.25) is 0 Å². The van der Waals surface area contributed by atoms with Gasteiger partial charge in [-0.2, -0.15) is 5.26 Å². The van der Waals surface area contributed by atoms with Crippen LogP contribution in [0.25, 0.3) is 0 Å². The number of hydrogen-bond acceptors (Lipinski definition) is 3. The van der Waals surface area contributed by atoms with Crippen molar-refractivity contribution in [1.82, 2.24) is 0 Å². The summed E-state index contributed by atoms with van der Waals surface area (Å²) >= 11 is 0. The van der Waals surface area contributed by atoms with Crippen LogP contribution in [0.5, 0.6) is 0 Å². The second-order valence-electron chi connectivity index (χ2n) is 4.55. The zero-order chi connectivity index (χ0) is 12.1. The Kier molecular flexibility index (Phi) is 4.00.